The minimum absolute atomic E-state index is 0.0924. The molecule has 2 aliphatic heterocycles. The Morgan fingerprint density at radius 2 is 1.97 bits per heavy atom. The zero-order valence-corrected chi connectivity index (χ0v) is 19.1. The molecule has 0 unspecified atom stereocenters. The number of pyridine rings is 1. The molecule has 0 saturated carbocycles. The van der Waals surface area contributed by atoms with Gasteiger partial charge in [-0.25, -0.2) is 14.5 Å². The fourth-order valence-electron chi connectivity index (χ4n) is 4.41. The van der Waals surface area contributed by atoms with E-state index in [9.17, 15) is 18.0 Å². The fourth-order valence-corrected chi connectivity index (χ4v) is 4.41. The van der Waals surface area contributed by atoms with Crippen LogP contribution in [0.25, 0.3) is 5.52 Å². The highest BCUT2D eigenvalue weighted by atomic mass is 19.4. The van der Waals surface area contributed by atoms with Crippen LogP contribution in [0.1, 0.15) is 41.5 Å². The van der Waals surface area contributed by atoms with E-state index in [2.05, 4.69) is 20.1 Å². The highest BCUT2D eigenvalue weighted by Gasteiger charge is 2.34. The van der Waals surface area contributed by atoms with Crippen LogP contribution < -0.4 is 4.90 Å². The zero-order valence-electron chi connectivity index (χ0n) is 19.1. The number of fused-ring (bicyclic) bond motifs is 1. The van der Waals surface area contributed by atoms with Crippen molar-refractivity contribution in [1.82, 2.24) is 24.5 Å². The van der Waals surface area contributed by atoms with Gasteiger partial charge < -0.3 is 9.80 Å². The second kappa shape index (κ2) is 9.12. The normalized spacial score (nSPS) is 19.1. The van der Waals surface area contributed by atoms with Gasteiger partial charge in [0.1, 0.15) is 11.5 Å². The molecule has 3 aromatic heterocycles. The maximum absolute atomic E-state index is 13.9. The Kier molecular flexibility index (Phi) is 6.00. The monoisotopic (exact) mass is 483 g/mol. The lowest BCUT2D eigenvalue weighted by Crippen LogP contribution is -2.40. The third-order valence-corrected chi connectivity index (χ3v) is 6.32. The van der Waals surface area contributed by atoms with E-state index >= 15 is 0 Å². The molecule has 182 valence electrons. The summed E-state index contributed by atoms with van der Waals surface area (Å²) < 4.78 is 40.2. The van der Waals surface area contributed by atoms with Crippen LogP contribution >= 0.6 is 0 Å². The van der Waals surface area contributed by atoms with Crippen molar-refractivity contribution in [2.75, 3.05) is 31.1 Å². The van der Waals surface area contributed by atoms with Crippen molar-refractivity contribution in [3.63, 3.8) is 0 Å². The molecule has 0 radical (unpaired) electrons. The zero-order chi connectivity index (χ0) is 24.6. The summed E-state index contributed by atoms with van der Waals surface area (Å²) in [5.41, 5.74) is 1.43. The van der Waals surface area contributed by atoms with Gasteiger partial charge in [-0.2, -0.15) is 18.3 Å². The minimum Gasteiger partial charge on any atom is -0.353 e. The number of hydrogen-bond donors (Lipinski definition) is 0. The van der Waals surface area contributed by atoms with Gasteiger partial charge in [0, 0.05) is 38.4 Å². The van der Waals surface area contributed by atoms with Crippen molar-refractivity contribution in [1.29, 1.82) is 0 Å². The van der Waals surface area contributed by atoms with Gasteiger partial charge in [-0.1, -0.05) is 12.1 Å². The number of dihydropyridines is 1. The first-order valence-corrected chi connectivity index (χ1v) is 11.5. The highest BCUT2D eigenvalue weighted by molar-refractivity contribution is 6.17. The molecule has 2 aliphatic rings. The van der Waals surface area contributed by atoms with E-state index in [-0.39, 0.29) is 11.9 Å². The fraction of sp³-hybridized carbons (Fsp3) is 0.375. The number of nitrogens with zero attached hydrogens (tertiary/aromatic N) is 7. The maximum Gasteiger partial charge on any atom is 0.434 e. The summed E-state index contributed by atoms with van der Waals surface area (Å²) in [5.74, 6) is 0.216. The summed E-state index contributed by atoms with van der Waals surface area (Å²) in [6, 6.07) is 5.50. The molecule has 8 nitrogen and oxygen atoms in total. The average Bonchev–Trinajstić information content (AvgIpc) is 3.14. The molecular weight excluding hydrogens is 459 g/mol. The van der Waals surface area contributed by atoms with Crippen LogP contribution in [0.15, 0.2) is 53.9 Å². The van der Waals surface area contributed by atoms with Crippen LogP contribution in [-0.2, 0) is 6.18 Å². The molecule has 0 aromatic carbocycles. The minimum atomic E-state index is -4.54. The Hall–Kier alpha value is -3.76. The van der Waals surface area contributed by atoms with E-state index in [0.717, 1.165) is 18.8 Å². The molecule has 3 aromatic rings. The molecule has 35 heavy (non-hydrogen) atoms. The van der Waals surface area contributed by atoms with Crippen LogP contribution in [0.5, 0.6) is 0 Å². The Labute approximate surface area is 199 Å². The Bertz CT molecular complexity index is 1300. The van der Waals surface area contributed by atoms with E-state index < -0.39 is 11.9 Å². The molecule has 0 aliphatic carbocycles. The number of allylic oxidation sites excluding steroid dienone is 1. The molecule has 1 amide bonds. The summed E-state index contributed by atoms with van der Waals surface area (Å²) in [7, 11) is 0. The second-order valence-electron chi connectivity index (χ2n) is 8.59. The molecule has 1 saturated heterocycles. The Balaban J connectivity index is 1.43. The summed E-state index contributed by atoms with van der Waals surface area (Å²) >= 11 is 0. The molecule has 1 atom stereocenters. The Morgan fingerprint density at radius 3 is 2.69 bits per heavy atom. The van der Waals surface area contributed by atoms with Crippen LogP contribution in [0.2, 0.25) is 0 Å². The van der Waals surface area contributed by atoms with E-state index in [0.29, 0.717) is 60.9 Å². The SMILES string of the molecule is C[C@@H]1CCN(c2cnc(C(F)(F)F)cn2)CCN1C(=O)c1c(C2=NCCC=C2)nn2ccccc12. The van der Waals surface area contributed by atoms with Gasteiger partial charge in [-0.3, -0.25) is 9.79 Å². The molecule has 1 fully saturated rings. The number of halogens is 3. The summed E-state index contributed by atoms with van der Waals surface area (Å²) in [4.78, 5) is 29.7. The van der Waals surface area contributed by atoms with Crippen molar-refractivity contribution >= 4 is 23.0 Å². The van der Waals surface area contributed by atoms with Gasteiger partial charge in [0.05, 0.1) is 29.2 Å². The van der Waals surface area contributed by atoms with Gasteiger partial charge in [0.15, 0.2) is 5.69 Å². The van der Waals surface area contributed by atoms with Crippen molar-refractivity contribution in [2.24, 2.45) is 4.99 Å². The van der Waals surface area contributed by atoms with Crippen LogP contribution in [0, 0.1) is 0 Å². The number of carbonyl (C=O) groups is 1. The van der Waals surface area contributed by atoms with Gasteiger partial charge in [0.25, 0.3) is 5.91 Å². The van der Waals surface area contributed by atoms with Gasteiger partial charge in [-0.15, -0.1) is 0 Å². The van der Waals surface area contributed by atoms with E-state index in [1.165, 1.54) is 0 Å². The number of hydrogen-bond acceptors (Lipinski definition) is 6. The standard InChI is InChI=1S/C24H24F3N7O/c1-16-8-11-32(20-15-29-19(14-30-20)24(25,26)27)12-13-33(16)23(35)21-18-7-3-5-10-34(18)31-22(21)17-6-2-4-9-28-17/h2-3,5-7,10,14-16H,4,8-9,11-13H2,1H3/t16-/m1/s1. The summed E-state index contributed by atoms with van der Waals surface area (Å²) in [5, 5.41) is 4.66. The third kappa shape index (κ3) is 4.50. The topological polar surface area (TPSA) is 79.0 Å². The van der Waals surface area contributed by atoms with Gasteiger partial charge in [0.2, 0.25) is 0 Å². The second-order valence-corrected chi connectivity index (χ2v) is 8.59. The first-order chi connectivity index (χ1) is 16.8. The van der Waals surface area contributed by atoms with E-state index in [1.807, 2.05) is 42.2 Å². The summed E-state index contributed by atoms with van der Waals surface area (Å²) in [6.45, 7) is 3.97. The predicted molar refractivity (Wildman–Crippen MR) is 125 cm³/mol. The predicted octanol–water partition coefficient (Wildman–Crippen LogP) is 3.63. The number of carbonyl (C=O) groups excluding carboxylic acids is 1. The average molecular weight is 483 g/mol. The smallest absolute Gasteiger partial charge is 0.353 e. The van der Waals surface area contributed by atoms with E-state index in [4.69, 9.17) is 0 Å². The number of anilines is 1. The van der Waals surface area contributed by atoms with Crippen LogP contribution in [0.4, 0.5) is 19.0 Å². The molecule has 5 heterocycles. The number of rotatable bonds is 3. The van der Waals surface area contributed by atoms with Crippen molar-refractivity contribution in [3.05, 3.63) is 65.9 Å². The summed E-state index contributed by atoms with van der Waals surface area (Å²) in [6.07, 6.45) is 4.57. The lowest BCUT2D eigenvalue weighted by Gasteiger charge is -2.27. The molecule has 0 spiro atoms. The molecule has 0 N–H and O–H groups in total. The highest BCUT2D eigenvalue weighted by Crippen LogP contribution is 2.28. The van der Waals surface area contributed by atoms with Gasteiger partial charge in [-0.05, 0) is 38.0 Å². The lowest BCUT2D eigenvalue weighted by molar-refractivity contribution is -0.141. The van der Waals surface area contributed by atoms with Crippen LogP contribution in [0.3, 0.4) is 0 Å². The lowest BCUT2D eigenvalue weighted by atomic mass is 10.1. The first-order valence-electron chi connectivity index (χ1n) is 11.5. The van der Waals surface area contributed by atoms with Crippen LogP contribution in [-0.4, -0.2) is 68.3 Å². The number of aromatic nitrogens is 4. The molecular formula is C24H24F3N7O. The number of aliphatic imine (C=N–C) groups is 1. The molecule has 0 bridgehead atoms. The van der Waals surface area contributed by atoms with Crippen molar-refractivity contribution < 1.29 is 18.0 Å². The quantitative estimate of drug-likeness (QED) is 0.569. The van der Waals surface area contributed by atoms with Crippen molar-refractivity contribution in [3.8, 4) is 0 Å². The molecule has 5 rings (SSSR count). The number of alkyl halides is 3. The molecule has 11 heteroatoms. The van der Waals surface area contributed by atoms with Gasteiger partial charge >= 0.3 is 6.18 Å². The van der Waals surface area contributed by atoms with E-state index in [1.54, 1.807) is 15.6 Å². The Morgan fingerprint density at radius 1 is 1.11 bits per heavy atom. The largest absolute Gasteiger partial charge is 0.434 e. The van der Waals surface area contributed by atoms with Crippen molar-refractivity contribution in [2.45, 2.75) is 32.0 Å². The first kappa shape index (κ1) is 23.0. The maximum atomic E-state index is 13.9. The third-order valence-electron chi connectivity index (χ3n) is 6.32. The number of amides is 1.